The fraction of sp³-hybridized carbons (Fsp3) is 0.500. The average molecular weight is 332 g/mol. The number of carbonyl (C=O) groups is 1. The van der Waals surface area contributed by atoms with Gasteiger partial charge in [0.15, 0.2) is 0 Å². The van der Waals surface area contributed by atoms with Gasteiger partial charge in [-0.05, 0) is 25.5 Å². The second-order valence-electron chi connectivity index (χ2n) is 5.54. The van der Waals surface area contributed by atoms with Crippen molar-refractivity contribution >= 4 is 29.3 Å². The molecule has 2 N–H and O–H groups in total. The quantitative estimate of drug-likeness (QED) is 0.874. The molecule has 2 saturated heterocycles. The van der Waals surface area contributed by atoms with Crippen LogP contribution in [0, 0.1) is 0 Å². The molecule has 0 unspecified atom stereocenters. The smallest absolute Gasteiger partial charge is 0.410 e. The monoisotopic (exact) mass is 331 g/mol. The first-order valence-electron chi connectivity index (χ1n) is 6.72. The van der Waals surface area contributed by atoms with Crippen molar-refractivity contribution in [2.24, 2.45) is 0 Å². The maximum absolute atomic E-state index is 11.9. The zero-order valence-corrected chi connectivity index (χ0v) is 12.8. The van der Waals surface area contributed by atoms with E-state index in [1.165, 1.54) is 12.1 Å². The van der Waals surface area contributed by atoms with Crippen LogP contribution in [-0.2, 0) is 4.74 Å². The number of amides is 1. The van der Waals surface area contributed by atoms with Crippen LogP contribution in [0.1, 0.15) is 24.8 Å². The van der Waals surface area contributed by atoms with E-state index in [-0.39, 0.29) is 17.7 Å². The molecule has 4 atom stereocenters. The predicted molar refractivity (Wildman–Crippen MR) is 77.9 cm³/mol. The fourth-order valence-corrected chi connectivity index (χ4v) is 3.70. The number of rotatable bonds is 2. The number of cyclic esters (lactones) is 1. The largest absolute Gasteiger partial charge is 0.508 e. The summed E-state index contributed by atoms with van der Waals surface area (Å²) >= 11 is 12.2. The fourth-order valence-electron chi connectivity index (χ4n) is 3.22. The van der Waals surface area contributed by atoms with Crippen LogP contribution in [0.15, 0.2) is 12.1 Å². The summed E-state index contributed by atoms with van der Waals surface area (Å²) in [5, 5.41) is 20.5. The molecule has 0 aliphatic carbocycles. The third-order valence-corrected chi connectivity index (χ3v) is 5.01. The van der Waals surface area contributed by atoms with Gasteiger partial charge in [0.2, 0.25) is 0 Å². The molecule has 0 bridgehead atoms. The molecule has 0 spiro atoms. The Morgan fingerprint density at radius 2 is 2.14 bits per heavy atom. The van der Waals surface area contributed by atoms with E-state index in [4.69, 9.17) is 27.9 Å². The molecule has 0 aromatic heterocycles. The van der Waals surface area contributed by atoms with Crippen molar-refractivity contribution in [2.45, 2.75) is 37.5 Å². The molecule has 2 heterocycles. The number of ether oxygens (including phenoxy) is 1. The molecule has 1 aromatic rings. The summed E-state index contributed by atoms with van der Waals surface area (Å²) in [6.07, 6.45) is -1.17. The van der Waals surface area contributed by atoms with E-state index in [0.717, 1.165) is 0 Å². The molecule has 1 amide bonds. The van der Waals surface area contributed by atoms with E-state index >= 15 is 0 Å². The topological polar surface area (TPSA) is 70.0 Å². The molecule has 3 rings (SSSR count). The van der Waals surface area contributed by atoms with Gasteiger partial charge in [-0.1, -0.05) is 23.2 Å². The lowest BCUT2D eigenvalue weighted by molar-refractivity contribution is 0.0283. The summed E-state index contributed by atoms with van der Waals surface area (Å²) in [6, 6.07) is 2.82. The van der Waals surface area contributed by atoms with Crippen molar-refractivity contribution in [2.75, 3.05) is 6.54 Å². The van der Waals surface area contributed by atoms with E-state index in [0.29, 0.717) is 28.6 Å². The summed E-state index contributed by atoms with van der Waals surface area (Å²) in [5.41, 5.74) is 0.552. The molecule has 114 valence electrons. The average Bonchev–Trinajstić information content (AvgIpc) is 2.96. The number of phenolic OH excluding ortho intramolecular Hbond substituents is 1. The summed E-state index contributed by atoms with van der Waals surface area (Å²) in [5.74, 6) is -0.0622. The Balaban J connectivity index is 1.92. The first kappa shape index (κ1) is 14.8. The van der Waals surface area contributed by atoms with Gasteiger partial charge in [0.25, 0.3) is 0 Å². The number of aromatic hydroxyl groups is 1. The molecule has 0 radical (unpaired) electrons. The lowest BCUT2D eigenvalue weighted by atomic mass is 9.93. The van der Waals surface area contributed by atoms with Crippen molar-refractivity contribution in [3.8, 4) is 5.75 Å². The van der Waals surface area contributed by atoms with Crippen molar-refractivity contribution in [3.63, 3.8) is 0 Å². The summed E-state index contributed by atoms with van der Waals surface area (Å²) in [6.45, 7) is 1.99. The van der Waals surface area contributed by atoms with Crippen molar-refractivity contribution in [1.29, 1.82) is 0 Å². The van der Waals surface area contributed by atoms with Gasteiger partial charge in [0.05, 0.1) is 22.2 Å². The van der Waals surface area contributed by atoms with Crippen LogP contribution < -0.4 is 0 Å². The first-order chi connectivity index (χ1) is 9.90. The molecule has 7 heteroatoms. The Labute approximate surface area is 132 Å². The maximum atomic E-state index is 11.9. The van der Waals surface area contributed by atoms with Gasteiger partial charge in [-0.15, -0.1) is 0 Å². The zero-order valence-electron chi connectivity index (χ0n) is 11.3. The number of carbonyl (C=O) groups excluding carboxylic acids is 1. The van der Waals surface area contributed by atoms with Crippen LogP contribution in [-0.4, -0.2) is 46.0 Å². The zero-order chi connectivity index (χ0) is 15.3. The maximum Gasteiger partial charge on any atom is 0.410 e. The van der Waals surface area contributed by atoms with E-state index in [1.807, 2.05) is 0 Å². The molecule has 21 heavy (non-hydrogen) atoms. The van der Waals surface area contributed by atoms with E-state index < -0.39 is 18.3 Å². The Morgan fingerprint density at radius 1 is 1.43 bits per heavy atom. The molecule has 1 aromatic carbocycles. The Morgan fingerprint density at radius 3 is 2.81 bits per heavy atom. The van der Waals surface area contributed by atoms with Crippen LogP contribution in [0.5, 0.6) is 5.75 Å². The lowest BCUT2D eigenvalue weighted by Gasteiger charge is -2.19. The summed E-state index contributed by atoms with van der Waals surface area (Å²) < 4.78 is 5.17. The summed E-state index contributed by atoms with van der Waals surface area (Å²) in [4.78, 5) is 13.4. The number of phenols is 1. The molecule has 5 nitrogen and oxygen atoms in total. The van der Waals surface area contributed by atoms with Crippen molar-refractivity contribution in [1.82, 2.24) is 4.90 Å². The van der Waals surface area contributed by atoms with Gasteiger partial charge in [-0.25, -0.2) is 4.79 Å². The van der Waals surface area contributed by atoms with Crippen LogP contribution >= 0.6 is 23.2 Å². The van der Waals surface area contributed by atoms with E-state index in [9.17, 15) is 15.0 Å². The number of aliphatic hydroxyl groups excluding tert-OH is 1. The van der Waals surface area contributed by atoms with Gasteiger partial charge < -0.3 is 19.8 Å². The van der Waals surface area contributed by atoms with E-state index in [1.54, 1.807) is 11.8 Å². The van der Waals surface area contributed by atoms with Crippen LogP contribution in [0.4, 0.5) is 4.79 Å². The second-order valence-corrected chi connectivity index (χ2v) is 6.32. The SMILES string of the molecule is C[C@@H](O)[C@@H]1OC(=O)N2C[C@@H](c3c(O)ccc(Cl)c3Cl)C[C@@H]12. The molecular formula is C14H15Cl2NO4. The highest BCUT2D eigenvalue weighted by Crippen LogP contribution is 2.45. The number of halogens is 2. The molecule has 2 aliphatic rings. The minimum absolute atomic E-state index is 0.0672. The van der Waals surface area contributed by atoms with Gasteiger partial charge in [-0.2, -0.15) is 0 Å². The highest BCUT2D eigenvalue weighted by atomic mass is 35.5. The number of nitrogens with zero attached hydrogens (tertiary/aromatic N) is 1. The molecular weight excluding hydrogens is 317 g/mol. The standard InChI is InChI=1S/C14H15Cl2NO4/c1-6(18)13-9-4-7(5-17(9)14(20)21-13)11-10(19)3-2-8(15)12(11)16/h2-3,6-7,9,13,18-19H,4-5H2,1H3/t6-,7+,9+,13+/m1/s1. The normalized spacial score (nSPS) is 29.4. The second kappa shape index (κ2) is 5.23. The van der Waals surface area contributed by atoms with Gasteiger partial charge >= 0.3 is 6.09 Å². The van der Waals surface area contributed by atoms with Crippen molar-refractivity contribution < 1.29 is 19.7 Å². The van der Waals surface area contributed by atoms with Gasteiger partial charge in [-0.3, -0.25) is 0 Å². The number of hydrogen-bond donors (Lipinski definition) is 2. The van der Waals surface area contributed by atoms with Gasteiger partial charge in [0, 0.05) is 18.0 Å². The van der Waals surface area contributed by atoms with Crippen LogP contribution in [0.2, 0.25) is 10.0 Å². The minimum atomic E-state index is -0.744. The Kier molecular flexibility index (Phi) is 3.67. The lowest BCUT2D eigenvalue weighted by Crippen LogP contribution is -2.36. The molecule has 2 fully saturated rings. The number of aliphatic hydroxyl groups is 1. The number of hydrogen-bond acceptors (Lipinski definition) is 4. The van der Waals surface area contributed by atoms with Gasteiger partial charge in [0.1, 0.15) is 11.9 Å². The Hall–Kier alpha value is -1.17. The third kappa shape index (κ3) is 2.33. The van der Waals surface area contributed by atoms with Crippen LogP contribution in [0.25, 0.3) is 0 Å². The Bertz CT molecular complexity index is 593. The summed E-state index contributed by atoms with van der Waals surface area (Å²) in [7, 11) is 0. The molecule has 0 saturated carbocycles. The number of benzene rings is 1. The highest BCUT2D eigenvalue weighted by molar-refractivity contribution is 6.42. The predicted octanol–water partition coefficient (Wildman–Crippen LogP) is 2.76. The third-order valence-electron chi connectivity index (χ3n) is 4.19. The first-order valence-corrected chi connectivity index (χ1v) is 7.48. The highest BCUT2D eigenvalue weighted by Gasteiger charge is 2.50. The number of fused-ring (bicyclic) bond motifs is 1. The van der Waals surface area contributed by atoms with E-state index in [2.05, 4.69) is 0 Å². The molecule has 2 aliphatic heterocycles. The van der Waals surface area contributed by atoms with Crippen LogP contribution in [0.3, 0.4) is 0 Å². The minimum Gasteiger partial charge on any atom is -0.508 e. The van der Waals surface area contributed by atoms with Crippen molar-refractivity contribution in [3.05, 3.63) is 27.7 Å².